The Balaban J connectivity index is 1.55. The minimum atomic E-state index is -0.0958. The van der Waals surface area contributed by atoms with E-state index in [-0.39, 0.29) is 5.91 Å². The van der Waals surface area contributed by atoms with Gasteiger partial charge in [-0.05, 0) is 30.3 Å². The highest BCUT2D eigenvalue weighted by atomic mass is 16.5. The standard InChI is InChI=1S/C20H21N5O2/c1-23(2)17-9-6-10-21-19(17)24-11-12-25-18(20(24)26)13-15(22-25)14-27-16-7-4-3-5-8-16/h3-10,13H,11-12,14H2,1-2H3. The predicted octanol–water partition coefficient (Wildman–Crippen LogP) is 2.58. The Morgan fingerprint density at radius 3 is 2.70 bits per heavy atom. The summed E-state index contributed by atoms with van der Waals surface area (Å²) in [5.74, 6) is 1.35. The molecule has 0 saturated heterocycles. The van der Waals surface area contributed by atoms with Gasteiger partial charge >= 0.3 is 0 Å². The number of carbonyl (C=O) groups excluding carboxylic acids is 1. The van der Waals surface area contributed by atoms with Crippen molar-refractivity contribution in [2.45, 2.75) is 13.2 Å². The summed E-state index contributed by atoms with van der Waals surface area (Å²) in [5, 5.41) is 4.52. The van der Waals surface area contributed by atoms with Crippen LogP contribution in [-0.2, 0) is 13.2 Å². The third kappa shape index (κ3) is 3.36. The molecule has 7 nitrogen and oxygen atoms in total. The van der Waals surface area contributed by atoms with E-state index in [9.17, 15) is 4.79 Å². The van der Waals surface area contributed by atoms with Crippen molar-refractivity contribution in [1.82, 2.24) is 14.8 Å². The van der Waals surface area contributed by atoms with Gasteiger partial charge in [-0.3, -0.25) is 14.4 Å². The number of hydrogen-bond acceptors (Lipinski definition) is 5. The van der Waals surface area contributed by atoms with Crippen LogP contribution in [0.2, 0.25) is 0 Å². The van der Waals surface area contributed by atoms with Gasteiger partial charge in [0.1, 0.15) is 23.7 Å². The first-order chi connectivity index (χ1) is 13.1. The first-order valence-corrected chi connectivity index (χ1v) is 8.82. The number of anilines is 2. The number of pyridine rings is 1. The van der Waals surface area contributed by atoms with E-state index in [1.54, 1.807) is 21.8 Å². The maximum atomic E-state index is 13.0. The van der Waals surface area contributed by atoms with E-state index < -0.39 is 0 Å². The van der Waals surface area contributed by atoms with E-state index in [2.05, 4.69) is 10.1 Å². The van der Waals surface area contributed by atoms with Crippen molar-refractivity contribution in [3.05, 3.63) is 66.1 Å². The Morgan fingerprint density at radius 2 is 1.93 bits per heavy atom. The molecule has 0 aliphatic carbocycles. The van der Waals surface area contributed by atoms with E-state index in [0.29, 0.717) is 31.2 Å². The van der Waals surface area contributed by atoms with Crippen molar-refractivity contribution in [2.75, 3.05) is 30.4 Å². The molecule has 138 valence electrons. The van der Waals surface area contributed by atoms with Crippen molar-refractivity contribution in [1.29, 1.82) is 0 Å². The monoisotopic (exact) mass is 363 g/mol. The predicted molar refractivity (Wildman–Crippen MR) is 103 cm³/mol. The zero-order valence-corrected chi connectivity index (χ0v) is 15.4. The zero-order chi connectivity index (χ0) is 18.8. The van der Waals surface area contributed by atoms with Crippen molar-refractivity contribution >= 4 is 17.4 Å². The number of benzene rings is 1. The van der Waals surface area contributed by atoms with Crippen molar-refractivity contribution < 1.29 is 9.53 Å². The molecule has 1 aliphatic heterocycles. The Kier molecular flexibility index (Phi) is 4.50. The van der Waals surface area contributed by atoms with Gasteiger partial charge in [-0.15, -0.1) is 0 Å². The number of fused-ring (bicyclic) bond motifs is 1. The summed E-state index contributed by atoms with van der Waals surface area (Å²) < 4.78 is 7.50. The molecule has 0 atom stereocenters. The lowest BCUT2D eigenvalue weighted by Gasteiger charge is -2.29. The molecule has 0 radical (unpaired) electrons. The minimum absolute atomic E-state index is 0.0958. The van der Waals surface area contributed by atoms with Gasteiger partial charge in [0, 0.05) is 26.8 Å². The van der Waals surface area contributed by atoms with Crippen LogP contribution in [-0.4, -0.2) is 41.3 Å². The average molecular weight is 363 g/mol. The van der Waals surface area contributed by atoms with Gasteiger partial charge in [-0.2, -0.15) is 5.10 Å². The normalized spacial score (nSPS) is 13.4. The molecule has 27 heavy (non-hydrogen) atoms. The van der Waals surface area contributed by atoms with Crippen LogP contribution >= 0.6 is 0 Å². The van der Waals surface area contributed by atoms with Gasteiger partial charge in [-0.25, -0.2) is 4.98 Å². The lowest BCUT2D eigenvalue weighted by molar-refractivity contribution is 0.0961. The number of para-hydroxylation sites is 1. The van der Waals surface area contributed by atoms with Crippen LogP contribution in [0.25, 0.3) is 0 Å². The number of amides is 1. The van der Waals surface area contributed by atoms with Crippen LogP contribution in [0.15, 0.2) is 54.7 Å². The summed E-state index contributed by atoms with van der Waals surface area (Å²) in [6.07, 6.45) is 1.71. The van der Waals surface area contributed by atoms with Crippen LogP contribution in [0.5, 0.6) is 5.75 Å². The zero-order valence-electron chi connectivity index (χ0n) is 15.4. The Morgan fingerprint density at radius 1 is 1.11 bits per heavy atom. The summed E-state index contributed by atoms with van der Waals surface area (Å²) in [6, 6.07) is 15.2. The van der Waals surface area contributed by atoms with Crippen LogP contribution in [0, 0.1) is 0 Å². The molecular weight excluding hydrogens is 342 g/mol. The first kappa shape index (κ1) is 17.1. The molecule has 0 spiro atoms. The van der Waals surface area contributed by atoms with Crippen LogP contribution in [0.1, 0.15) is 16.2 Å². The first-order valence-electron chi connectivity index (χ1n) is 8.82. The smallest absolute Gasteiger partial charge is 0.277 e. The second-order valence-corrected chi connectivity index (χ2v) is 6.54. The molecule has 4 rings (SSSR count). The Bertz CT molecular complexity index is 952. The summed E-state index contributed by atoms with van der Waals surface area (Å²) in [6.45, 7) is 1.48. The third-order valence-electron chi connectivity index (χ3n) is 4.46. The van der Waals surface area contributed by atoms with Gasteiger partial charge < -0.3 is 9.64 Å². The molecule has 1 amide bonds. The second kappa shape index (κ2) is 7.11. The molecule has 0 N–H and O–H groups in total. The number of carbonyl (C=O) groups is 1. The molecule has 3 aromatic rings. The van der Waals surface area contributed by atoms with Gasteiger partial charge in [0.05, 0.1) is 12.2 Å². The van der Waals surface area contributed by atoms with Gasteiger partial charge in [0.25, 0.3) is 5.91 Å². The average Bonchev–Trinajstić information content (AvgIpc) is 3.12. The number of nitrogens with zero attached hydrogens (tertiary/aromatic N) is 5. The molecule has 1 aromatic carbocycles. The van der Waals surface area contributed by atoms with E-state index in [0.717, 1.165) is 17.1 Å². The van der Waals surface area contributed by atoms with Crippen molar-refractivity contribution in [3.63, 3.8) is 0 Å². The summed E-state index contributed by atoms with van der Waals surface area (Å²) in [5.41, 5.74) is 2.20. The van der Waals surface area contributed by atoms with Gasteiger partial charge in [0.2, 0.25) is 0 Å². The van der Waals surface area contributed by atoms with Gasteiger partial charge in [-0.1, -0.05) is 18.2 Å². The molecular formula is C20H21N5O2. The molecule has 0 saturated carbocycles. The van der Waals surface area contributed by atoms with Crippen LogP contribution in [0.4, 0.5) is 11.5 Å². The highest BCUT2D eigenvalue weighted by molar-refractivity contribution is 6.06. The second-order valence-electron chi connectivity index (χ2n) is 6.54. The number of rotatable bonds is 5. The fourth-order valence-corrected chi connectivity index (χ4v) is 3.14. The largest absolute Gasteiger partial charge is 0.487 e. The van der Waals surface area contributed by atoms with E-state index >= 15 is 0 Å². The van der Waals surface area contributed by atoms with Crippen LogP contribution in [0.3, 0.4) is 0 Å². The molecule has 7 heteroatoms. The van der Waals surface area contributed by atoms with E-state index in [1.807, 2.05) is 61.5 Å². The molecule has 0 fully saturated rings. The van der Waals surface area contributed by atoms with Crippen molar-refractivity contribution in [2.24, 2.45) is 0 Å². The number of hydrogen-bond donors (Lipinski definition) is 0. The molecule has 3 heterocycles. The highest BCUT2D eigenvalue weighted by Crippen LogP contribution is 2.28. The maximum absolute atomic E-state index is 13.0. The fraction of sp³-hybridized carbons (Fsp3) is 0.250. The summed E-state index contributed by atoms with van der Waals surface area (Å²) in [4.78, 5) is 21.2. The van der Waals surface area contributed by atoms with Crippen molar-refractivity contribution in [3.8, 4) is 5.75 Å². The third-order valence-corrected chi connectivity index (χ3v) is 4.46. The quantitative estimate of drug-likeness (QED) is 0.697. The van der Waals surface area contributed by atoms with Crippen LogP contribution < -0.4 is 14.5 Å². The van der Waals surface area contributed by atoms with Gasteiger partial charge in [0.15, 0.2) is 5.82 Å². The molecule has 1 aliphatic rings. The lowest BCUT2D eigenvalue weighted by Crippen LogP contribution is -2.41. The Labute approximate surface area is 157 Å². The highest BCUT2D eigenvalue weighted by Gasteiger charge is 2.30. The SMILES string of the molecule is CN(C)c1cccnc1N1CCn2nc(COc3ccccc3)cc2C1=O. The molecule has 0 unspecified atom stereocenters. The topological polar surface area (TPSA) is 63.5 Å². The Hall–Kier alpha value is -3.35. The van der Waals surface area contributed by atoms with E-state index in [4.69, 9.17) is 4.74 Å². The summed E-state index contributed by atoms with van der Waals surface area (Å²) >= 11 is 0. The fourth-order valence-electron chi connectivity index (χ4n) is 3.14. The number of aromatic nitrogens is 3. The molecule has 0 bridgehead atoms. The lowest BCUT2D eigenvalue weighted by atomic mass is 10.2. The minimum Gasteiger partial charge on any atom is -0.487 e. The maximum Gasteiger partial charge on any atom is 0.277 e. The molecule has 2 aromatic heterocycles. The number of ether oxygens (including phenoxy) is 1. The summed E-state index contributed by atoms with van der Waals surface area (Å²) in [7, 11) is 3.89. The van der Waals surface area contributed by atoms with E-state index in [1.165, 1.54) is 0 Å².